The molecule has 0 saturated heterocycles. The van der Waals surface area contributed by atoms with Crippen LogP contribution >= 0.6 is 11.8 Å². The molecule has 0 saturated carbocycles. The molecule has 0 aromatic heterocycles. The molecule has 2 rings (SSSR count). The number of hydrogen-bond acceptors (Lipinski definition) is 1. The van der Waals surface area contributed by atoms with Crippen LogP contribution in [-0.4, -0.2) is 11.5 Å². The Morgan fingerprint density at radius 1 is 0.739 bits per heavy atom. The van der Waals surface area contributed by atoms with Gasteiger partial charge in [-0.25, -0.2) is 0 Å². The summed E-state index contributed by atoms with van der Waals surface area (Å²) >= 11 is 1.96. The standard InChI is InChI=1S/C22H30S/c1-5-13-21(14-6-1)17-9-3-11-19-23-20-12-4-10-18-22-15-7-2-8-16-22/h3-5,7,9-13,15,17-18,21-22H,1-2,6,8,14,16,19-20H2. The first-order valence-corrected chi connectivity index (χ1v) is 10.2. The smallest absolute Gasteiger partial charge is 0.0119 e. The monoisotopic (exact) mass is 326 g/mol. The van der Waals surface area contributed by atoms with Crippen molar-refractivity contribution < 1.29 is 0 Å². The fourth-order valence-corrected chi connectivity index (χ4v) is 3.51. The molecule has 2 aliphatic carbocycles. The van der Waals surface area contributed by atoms with Gasteiger partial charge in [0.05, 0.1) is 0 Å². The van der Waals surface area contributed by atoms with E-state index in [2.05, 4.69) is 72.9 Å². The van der Waals surface area contributed by atoms with E-state index in [9.17, 15) is 0 Å². The summed E-state index contributed by atoms with van der Waals surface area (Å²) in [4.78, 5) is 0. The molecule has 0 fully saturated rings. The highest BCUT2D eigenvalue weighted by molar-refractivity contribution is 7.99. The number of allylic oxidation sites excluding steroid dienone is 10. The third-order valence-electron chi connectivity index (χ3n) is 4.22. The van der Waals surface area contributed by atoms with Gasteiger partial charge in [-0.2, -0.15) is 11.8 Å². The second-order valence-electron chi connectivity index (χ2n) is 6.21. The molecular formula is C22H30S. The van der Waals surface area contributed by atoms with E-state index >= 15 is 0 Å². The molecule has 0 N–H and O–H groups in total. The Hall–Kier alpha value is -1.21. The summed E-state index contributed by atoms with van der Waals surface area (Å²) in [6.45, 7) is 0. The van der Waals surface area contributed by atoms with Gasteiger partial charge in [-0.3, -0.25) is 0 Å². The van der Waals surface area contributed by atoms with Crippen molar-refractivity contribution in [3.05, 3.63) is 72.9 Å². The van der Waals surface area contributed by atoms with Gasteiger partial charge in [0.25, 0.3) is 0 Å². The van der Waals surface area contributed by atoms with Crippen molar-refractivity contribution in [1.29, 1.82) is 0 Å². The topological polar surface area (TPSA) is 0 Å². The lowest BCUT2D eigenvalue weighted by Gasteiger charge is -2.10. The van der Waals surface area contributed by atoms with Gasteiger partial charge >= 0.3 is 0 Å². The van der Waals surface area contributed by atoms with E-state index < -0.39 is 0 Å². The second-order valence-corrected chi connectivity index (χ2v) is 7.28. The van der Waals surface area contributed by atoms with Gasteiger partial charge in [0.1, 0.15) is 0 Å². The van der Waals surface area contributed by atoms with Crippen LogP contribution < -0.4 is 0 Å². The third kappa shape index (κ3) is 8.86. The maximum absolute atomic E-state index is 2.34. The number of thioether (sulfide) groups is 1. The highest BCUT2D eigenvalue weighted by Gasteiger charge is 2.03. The SMILES string of the molecule is C(C=CC1C=CCCC1)=CCSCC=CC=CC1C=CCCC1. The maximum atomic E-state index is 2.34. The minimum atomic E-state index is 0.662. The number of hydrogen-bond donors (Lipinski definition) is 0. The van der Waals surface area contributed by atoms with Crippen molar-refractivity contribution >= 4 is 11.8 Å². The van der Waals surface area contributed by atoms with Crippen LogP contribution in [0.5, 0.6) is 0 Å². The van der Waals surface area contributed by atoms with Crippen LogP contribution in [0.2, 0.25) is 0 Å². The molecule has 23 heavy (non-hydrogen) atoms. The van der Waals surface area contributed by atoms with Crippen molar-refractivity contribution in [1.82, 2.24) is 0 Å². The summed E-state index contributed by atoms with van der Waals surface area (Å²) in [6.07, 6.45) is 35.0. The molecule has 0 amide bonds. The minimum Gasteiger partial charge on any atom is -0.154 e. The normalized spacial score (nSPS) is 25.6. The highest BCUT2D eigenvalue weighted by Crippen LogP contribution is 2.18. The van der Waals surface area contributed by atoms with Crippen LogP contribution in [0, 0.1) is 11.8 Å². The summed E-state index contributed by atoms with van der Waals surface area (Å²) < 4.78 is 0. The van der Waals surface area contributed by atoms with Crippen molar-refractivity contribution in [3.8, 4) is 0 Å². The van der Waals surface area contributed by atoms with Gasteiger partial charge in [0.2, 0.25) is 0 Å². The lowest BCUT2D eigenvalue weighted by Crippen LogP contribution is -1.95. The van der Waals surface area contributed by atoms with E-state index in [1.54, 1.807) is 0 Å². The molecule has 0 spiro atoms. The fraction of sp³-hybridized carbons (Fsp3) is 0.455. The minimum absolute atomic E-state index is 0.662. The molecule has 0 aromatic rings. The van der Waals surface area contributed by atoms with Gasteiger partial charge in [0, 0.05) is 11.5 Å². The van der Waals surface area contributed by atoms with Crippen molar-refractivity contribution in [3.63, 3.8) is 0 Å². The van der Waals surface area contributed by atoms with E-state index in [0.29, 0.717) is 11.8 Å². The van der Waals surface area contributed by atoms with Crippen molar-refractivity contribution in [2.75, 3.05) is 11.5 Å². The van der Waals surface area contributed by atoms with Crippen molar-refractivity contribution in [2.45, 2.75) is 38.5 Å². The Bertz CT molecular complexity index is 432. The van der Waals surface area contributed by atoms with E-state index in [0.717, 1.165) is 11.5 Å². The summed E-state index contributed by atoms with van der Waals surface area (Å²) in [5, 5.41) is 0. The zero-order valence-electron chi connectivity index (χ0n) is 14.1. The van der Waals surface area contributed by atoms with E-state index in [1.807, 2.05) is 11.8 Å². The third-order valence-corrected chi connectivity index (χ3v) is 5.08. The Morgan fingerprint density at radius 3 is 1.70 bits per heavy atom. The summed E-state index contributed by atoms with van der Waals surface area (Å²) in [7, 11) is 0. The highest BCUT2D eigenvalue weighted by atomic mass is 32.2. The molecule has 124 valence electrons. The van der Waals surface area contributed by atoms with Crippen LogP contribution in [0.15, 0.2) is 72.9 Å². The quantitative estimate of drug-likeness (QED) is 0.273. The molecule has 0 heterocycles. The summed E-state index contributed by atoms with van der Waals surface area (Å²) in [5.74, 6) is 3.50. The fourth-order valence-electron chi connectivity index (χ4n) is 2.88. The Balaban J connectivity index is 1.49. The van der Waals surface area contributed by atoms with Crippen LogP contribution in [0.1, 0.15) is 38.5 Å². The summed E-state index contributed by atoms with van der Waals surface area (Å²) in [5.41, 5.74) is 0. The second kappa shape index (κ2) is 12.2. The van der Waals surface area contributed by atoms with Crippen LogP contribution in [0.3, 0.4) is 0 Å². The Labute approximate surface area is 146 Å². The molecule has 0 aliphatic heterocycles. The lowest BCUT2D eigenvalue weighted by atomic mass is 9.96. The van der Waals surface area contributed by atoms with Gasteiger partial charge in [-0.05, 0) is 50.4 Å². The number of rotatable bonds is 8. The maximum Gasteiger partial charge on any atom is 0.0119 e. The molecule has 0 aromatic carbocycles. The predicted molar refractivity (Wildman–Crippen MR) is 107 cm³/mol. The molecular weight excluding hydrogens is 296 g/mol. The largest absolute Gasteiger partial charge is 0.154 e. The molecule has 0 bridgehead atoms. The average molecular weight is 327 g/mol. The summed E-state index contributed by atoms with van der Waals surface area (Å²) in [6, 6.07) is 0. The molecule has 0 radical (unpaired) electrons. The zero-order valence-corrected chi connectivity index (χ0v) is 15.0. The molecule has 2 unspecified atom stereocenters. The van der Waals surface area contributed by atoms with Crippen LogP contribution in [0.4, 0.5) is 0 Å². The van der Waals surface area contributed by atoms with Crippen molar-refractivity contribution in [2.24, 2.45) is 11.8 Å². The zero-order chi connectivity index (χ0) is 16.0. The van der Waals surface area contributed by atoms with Gasteiger partial charge in [-0.15, -0.1) is 0 Å². The van der Waals surface area contributed by atoms with E-state index in [4.69, 9.17) is 0 Å². The average Bonchev–Trinajstić information content (AvgIpc) is 2.61. The van der Waals surface area contributed by atoms with Gasteiger partial charge in [-0.1, -0.05) is 72.9 Å². The Morgan fingerprint density at radius 2 is 1.26 bits per heavy atom. The first-order valence-electron chi connectivity index (χ1n) is 9.03. The van der Waals surface area contributed by atoms with Gasteiger partial charge < -0.3 is 0 Å². The molecule has 2 aliphatic rings. The molecule has 1 heteroatoms. The lowest BCUT2D eigenvalue weighted by molar-refractivity contribution is 0.631. The molecule has 0 nitrogen and oxygen atoms in total. The Kier molecular flexibility index (Phi) is 9.65. The van der Waals surface area contributed by atoms with E-state index in [1.165, 1.54) is 38.5 Å². The van der Waals surface area contributed by atoms with Crippen LogP contribution in [0.25, 0.3) is 0 Å². The van der Waals surface area contributed by atoms with E-state index in [-0.39, 0.29) is 0 Å². The predicted octanol–water partition coefficient (Wildman–Crippen LogP) is 6.66. The van der Waals surface area contributed by atoms with Crippen LogP contribution in [-0.2, 0) is 0 Å². The first kappa shape index (κ1) is 18.1. The molecule has 2 atom stereocenters. The first-order chi connectivity index (χ1) is 11.4. The van der Waals surface area contributed by atoms with Gasteiger partial charge in [0.15, 0.2) is 0 Å².